The van der Waals surface area contributed by atoms with Gasteiger partial charge in [-0.25, -0.2) is 0 Å². The summed E-state index contributed by atoms with van der Waals surface area (Å²) in [5.74, 6) is 0. The van der Waals surface area contributed by atoms with E-state index in [-0.39, 0.29) is 0 Å². The summed E-state index contributed by atoms with van der Waals surface area (Å²) in [4.78, 5) is 4.24. The van der Waals surface area contributed by atoms with E-state index in [0.717, 1.165) is 11.3 Å². The minimum absolute atomic E-state index is 0.614. The van der Waals surface area contributed by atoms with Gasteiger partial charge in [0.15, 0.2) is 0 Å². The highest BCUT2D eigenvalue weighted by atomic mass is 14.7. The Labute approximate surface area is 88.8 Å². The number of benzene rings is 1. The molecule has 15 heavy (non-hydrogen) atoms. The molecule has 1 aromatic heterocycles. The van der Waals surface area contributed by atoms with Crippen LogP contribution in [0.25, 0.3) is 11.3 Å². The van der Waals surface area contributed by atoms with Crippen molar-refractivity contribution in [3.05, 3.63) is 53.7 Å². The average molecular weight is 194 g/mol. The summed E-state index contributed by atoms with van der Waals surface area (Å²) in [6.07, 6.45) is 1.71. The SMILES string of the molecule is Cc1cccc(-c2ncccc2C#N)c1. The van der Waals surface area contributed by atoms with Crippen molar-refractivity contribution in [2.24, 2.45) is 0 Å². The van der Waals surface area contributed by atoms with Crippen LogP contribution in [0.15, 0.2) is 42.6 Å². The molecule has 0 radical (unpaired) electrons. The zero-order valence-electron chi connectivity index (χ0n) is 8.44. The number of nitriles is 1. The molecule has 0 saturated heterocycles. The van der Waals surface area contributed by atoms with Crippen molar-refractivity contribution >= 4 is 0 Å². The smallest absolute Gasteiger partial charge is 0.101 e. The second kappa shape index (κ2) is 3.93. The van der Waals surface area contributed by atoms with Crippen molar-refractivity contribution in [2.45, 2.75) is 6.92 Å². The van der Waals surface area contributed by atoms with E-state index in [2.05, 4.69) is 11.1 Å². The highest BCUT2D eigenvalue weighted by Gasteiger charge is 2.04. The fourth-order valence-corrected chi connectivity index (χ4v) is 1.52. The normalized spacial score (nSPS) is 9.60. The fourth-order valence-electron chi connectivity index (χ4n) is 1.52. The quantitative estimate of drug-likeness (QED) is 0.699. The van der Waals surface area contributed by atoms with Crippen molar-refractivity contribution in [3.8, 4) is 17.3 Å². The van der Waals surface area contributed by atoms with Crippen LogP contribution in [0.4, 0.5) is 0 Å². The molecule has 0 bridgehead atoms. The van der Waals surface area contributed by atoms with Gasteiger partial charge >= 0.3 is 0 Å². The summed E-state index contributed by atoms with van der Waals surface area (Å²) in [5, 5.41) is 8.96. The standard InChI is InChI=1S/C13H10N2/c1-10-4-2-5-11(8-10)13-12(9-14)6-3-7-15-13/h2-8H,1H3. The first-order valence-corrected chi connectivity index (χ1v) is 4.73. The molecule has 1 aromatic carbocycles. The van der Waals surface area contributed by atoms with Gasteiger partial charge in [-0.3, -0.25) is 4.98 Å². The van der Waals surface area contributed by atoms with E-state index in [9.17, 15) is 0 Å². The van der Waals surface area contributed by atoms with Crippen molar-refractivity contribution in [2.75, 3.05) is 0 Å². The van der Waals surface area contributed by atoms with Gasteiger partial charge in [-0.2, -0.15) is 5.26 Å². The lowest BCUT2D eigenvalue weighted by Crippen LogP contribution is -1.88. The minimum atomic E-state index is 0.614. The zero-order chi connectivity index (χ0) is 10.7. The third-order valence-electron chi connectivity index (χ3n) is 2.22. The summed E-state index contributed by atoms with van der Waals surface area (Å²) < 4.78 is 0. The monoisotopic (exact) mass is 194 g/mol. The fraction of sp³-hybridized carbons (Fsp3) is 0.0769. The number of hydrogen-bond donors (Lipinski definition) is 0. The molecule has 72 valence electrons. The second-order valence-electron chi connectivity index (χ2n) is 3.38. The van der Waals surface area contributed by atoms with E-state index >= 15 is 0 Å². The lowest BCUT2D eigenvalue weighted by Gasteiger charge is -2.03. The molecule has 2 aromatic rings. The van der Waals surface area contributed by atoms with Gasteiger partial charge < -0.3 is 0 Å². The van der Waals surface area contributed by atoms with Crippen LogP contribution in [0.3, 0.4) is 0 Å². The minimum Gasteiger partial charge on any atom is -0.255 e. The Kier molecular flexibility index (Phi) is 2.47. The summed E-state index contributed by atoms with van der Waals surface area (Å²) >= 11 is 0. The van der Waals surface area contributed by atoms with Crippen LogP contribution in [-0.4, -0.2) is 4.98 Å². The zero-order valence-corrected chi connectivity index (χ0v) is 8.44. The van der Waals surface area contributed by atoms with Crippen molar-refractivity contribution in [1.82, 2.24) is 4.98 Å². The van der Waals surface area contributed by atoms with Crippen molar-refractivity contribution < 1.29 is 0 Å². The Morgan fingerprint density at radius 3 is 2.80 bits per heavy atom. The predicted molar refractivity (Wildman–Crippen MR) is 59.1 cm³/mol. The maximum atomic E-state index is 8.96. The molecule has 0 fully saturated rings. The average Bonchev–Trinajstić information content (AvgIpc) is 2.29. The van der Waals surface area contributed by atoms with Gasteiger partial charge in [-0.15, -0.1) is 0 Å². The summed E-state index contributed by atoms with van der Waals surface area (Å²) in [6.45, 7) is 2.03. The van der Waals surface area contributed by atoms with Gasteiger partial charge in [0.25, 0.3) is 0 Å². The maximum Gasteiger partial charge on any atom is 0.101 e. The summed E-state index contributed by atoms with van der Waals surface area (Å²) in [7, 11) is 0. The van der Waals surface area contributed by atoms with Gasteiger partial charge in [0.1, 0.15) is 6.07 Å². The molecule has 2 rings (SSSR count). The molecule has 0 amide bonds. The van der Waals surface area contributed by atoms with E-state index in [0.29, 0.717) is 5.56 Å². The molecule has 0 N–H and O–H groups in total. The molecule has 0 atom stereocenters. The lowest BCUT2D eigenvalue weighted by atomic mass is 10.0. The highest BCUT2D eigenvalue weighted by molar-refractivity contribution is 5.66. The van der Waals surface area contributed by atoms with E-state index in [4.69, 9.17) is 5.26 Å². The van der Waals surface area contributed by atoms with E-state index in [1.165, 1.54) is 5.56 Å². The van der Waals surface area contributed by atoms with Crippen LogP contribution in [0, 0.1) is 18.3 Å². The Bertz CT molecular complexity index is 524. The number of nitrogens with zero attached hydrogens (tertiary/aromatic N) is 2. The largest absolute Gasteiger partial charge is 0.255 e. The molecule has 1 heterocycles. The van der Waals surface area contributed by atoms with Gasteiger partial charge in [0.2, 0.25) is 0 Å². The van der Waals surface area contributed by atoms with Crippen molar-refractivity contribution in [1.29, 1.82) is 5.26 Å². The van der Waals surface area contributed by atoms with E-state index in [1.54, 1.807) is 18.3 Å². The molecule has 0 aliphatic heterocycles. The van der Waals surface area contributed by atoms with Crippen LogP contribution in [0.1, 0.15) is 11.1 Å². The maximum absolute atomic E-state index is 8.96. The Balaban J connectivity index is 2.60. The van der Waals surface area contributed by atoms with Gasteiger partial charge in [-0.1, -0.05) is 23.8 Å². The van der Waals surface area contributed by atoms with Gasteiger partial charge in [0, 0.05) is 11.8 Å². The van der Waals surface area contributed by atoms with E-state index < -0.39 is 0 Å². The number of aromatic nitrogens is 1. The molecule has 0 spiro atoms. The second-order valence-corrected chi connectivity index (χ2v) is 3.38. The Morgan fingerprint density at radius 2 is 2.07 bits per heavy atom. The highest BCUT2D eigenvalue weighted by Crippen LogP contribution is 2.21. The molecular formula is C13H10N2. The van der Waals surface area contributed by atoms with Gasteiger partial charge in [0.05, 0.1) is 11.3 Å². The number of aryl methyl sites for hydroxylation is 1. The molecule has 2 heteroatoms. The van der Waals surface area contributed by atoms with Crippen LogP contribution in [0.2, 0.25) is 0 Å². The van der Waals surface area contributed by atoms with Crippen LogP contribution in [-0.2, 0) is 0 Å². The molecular weight excluding hydrogens is 184 g/mol. The number of pyridine rings is 1. The van der Waals surface area contributed by atoms with E-state index in [1.807, 2.05) is 31.2 Å². The third-order valence-corrected chi connectivity index (χ3v) is 2.22. The molecule has 0 unspecified atom stereocenters. The first kappa shape index (κ1) is 9.42. The molecule has 0 saturated carbocycles. The van der Waals surface area contributed by atoms with Crippen LogP contribution < -0.4 is 0 Å². The summed E-state index contributed by atoms with van der Waals surface area (Å²) in [5.41, 5.74) is 3.53. The number of rotatable bonds is 1. The van der Waals surface area contributed by atoms with Gasteiger partial charge in [-0.05, 0) is 25.1 Å². The van der Waals surface area contributed by atoms with Crippen molar-refractivity contribution in [3.63, 3.8) is 0 Å². The molecule has 0 aliphatic rings. The third kappa shape index (κ3) is 1.87. The first-order valence-electron chi connectivity index (χ1n) is 4.73. The topological polar surface area (TPSA) is 36.7 Å². The summed E-state index contributed by atoms with van der Waals surface area (Å²) in [6, 6.07) is 13.7. The van der Waals surface area contributed by atoms with Crippen LogP contribution in [0.5, 0.6) is 0 Å². The first-order chi connectivity index (χ1) is 7.31. The molecule has 2 nitrogen and oxygen atoms in total. The molecule has 0 aliphatic carbocycles. The predicted octanol–water partition coefficient (Wildman–Crippen LogP) is 2.93. The number of hydrogen-bond acceptors (Lipinski definition) is 2. The van der Waals surface area contributed by atoms with Crippen LogP contribution >= 0.6 is 0 Å². The Hall–Kier alpha value is -2.14. The lowest BCUT2D eigenvalue weighted by molar-refractivity contribution is 1.29. The Morgan fingerprint density at radius 1 is 1.20 bits per heavy atom.